The van der Waals surface area contributed by atoms with Gasteiger partial charge in [0.15, 0.2) is 11.6 Å². The molecule has 4 rings (SSSR count). The van der Waals surface area contributed by atoms with Crippen LogP contribution < -0.4 is 10.3 Å². The van der Waals surface area contributed by atoms with Gasteiger partial charge in [-0.15, -0.1) is 5.10 Å². The lowest BCUT2D eigenvalue weighted by Crippen LogP contribution is -2.32. The maximum atomic E-state index is 14.3. The Hall–Kier alpha value is -3.53. The SMILES string of the molecule is CCC(O)(Cn1nncc1CCCCc1cc(C(=O)O)[nH]c(=O)c1)c1ccc(F)c(OCC2CC2)c1. The van der Waals surface area contributed by atoms with Crippen LogP contribution in [0.4, 0.5) is 4.39 Å². The maximum absolute atomic E-state index is 14.3. The molecule has 1 aromatic carbocycles. The average Bonchev–Trinajstić information content (AvgIpc) is 3.59. The summed E-state index contributed by atoms with van der Waals surface area (Å²) in [4.78, 5) is 25.1. The van der Waals surface area contributed by atoms with Gasteiger partial charge in [0.2, 0.25) is 5.56 Å². The molecular formula is C26H31FN4O5. The molecule has 0 saturated heterocycles. The first-order valence-electron chi connectivity index (χ1n) is 12.3. The molecule has 1 aliphatic carbocycles. The Morgan fingerprint density at radius 2 is 2.03 bits per heavy atom. The summed E-state index contributed by atoms with van der Waals surface area (Å²) < 4.78 is 21.6. The number of H-pyrrole nitrogens is 1. The number of ether oxygens (including phenoxy) is 1. The predicted octanol–water partition coefficient (Wildman–Crippen LogP) is 3.46. The van der Waals surface area contributed by atoms with Gasteiger partial charge in [-0.25, -0.2) is 13.9 Å². The number of aliphatic hydroxyl groups is 1. The number of carboxylic acids is 1. The number of halogens is 1. The standard InChI is InChI=1S/C26H31FN4O5/c1-2-26(35,19-9-10-21(27)23(13-19)36-15-17-7-8-17)16-31-20(14-28-30-31)6-4-3-5-18-11-22(25(33)34)29-24(32)12-18/h9-14,17,35H,2-8,15-16H2,1H3,(H,29,32)(H,33,34). The molecule has 3 N–H and O–H groups in total. The second-order valence-corrected chi connectivity index (χ2v) is 9.45. The lowest BCUT2D eigenvalue weighted by molar-refractivity contribution is 0.00940. The number of unbranched alkanes of at least 4 members (excludes halogenated alkanes) is 1. The van der Waals surface area contributed by atoms with Crippen molar-refractivity contribution in [1.29, 1.82) is 0 Å². The minimum Gasteiger partial charge on any atom is -0.490 e. The molecule has 0 aliphatic heterocycles. The third-order valence-corrected chi connectivity index (χ3v) is 6.62. The molecule has 10 heteroatoms. The summed E-state index contributed by atoms with van der Waals surface area (Å²) in [5.74, 6) is -0.987. The quantitative estimate of drug-likeness (QED) is 0.308. The van der Waals surface area contributed by atoms with Crippen molar-refractivity contribution < 1.29 is 24.1 Å². The van der Waals surface area contributed by atoms with Crippen LogP contribution in [0.3, 0.4) is 0 Å². The molecule has 1 unspecified atom stereocenters. The molecule has 1 aliphatic rings. The highest BCUT2D eigenvalue weighted by Crippen LogP contribution is 2.33. The number of hydrogen-bond acceptors (Lipinski definition) is 6. The van der Waals surface area contributed by atoms with Gasteiger partial charge in [0.1, 0.15) is 11.3 Å². The number of carboxylic acid groups (broad SMARTS) is 1. The van der Waals surface area contributed by atoms with E-state index in [1.54, 1.807) is 23.0 Å². The Balaban J connectivity index is 1.38. The van der Waals surface area contributed by atoms with Gasteiger partial charge in [0.05, 0.1) is 25.0 Å². The lowest BCUT2D eigenvalue weighted by atomic mass is 9.90. The third kappa shape index (κ3) is 6.37. The topological polar surface area (TPSA) is 130 Å². The maximum Gasteiger partial charge on any atom is 0.352 e. The predicted molar refractivity (Wildman–Crippen MR) is 129 cm³/mol. The molecule has 1 fully saturated rings. The molecule has 192 valence electrons. The van der Waals surface area contributed by atoms with Crippen LogP contribution in [0.2, 0.25) is 0 Å². The first-order valence-corrected chi connectivity index (χ1v) is 12.3. The minimum atomic E-state index is -1.29. The number of nitrogens with zero attached hydrogens (tertiary/aromatic N) is 3. The monoisotopic (exact) mass is 498 g/mol. The van der Waals surface area contributed by atoms with Gasteiger partial charge >= 0.3 is 5.97 Å². The third-order valence-electron chi connectivity index (χ3n) is 6.62. The van der Waals surface area contributed by atoms with E-state index in [4.69, 9.17) is 9.84 Å². The Kier molecular flexibility index (Phi) is 7.83. The molecule has 36 heavy (non-hydrogen) atoms. The van der Waals surface area contributed by atoms with Gasteiger partial charge in [-0.3, -0.25) is 4.79 Å². The highest BCUT2D eigenvalue weighted by molar-refractivity contribution is 5.85. The Labute approximate surface area is 207 Å². The molecule has 0 amide bonds. The second kappa shape index (κ2) is 11.0. The highest BCUT2D eigenvalue weighted by Gasteiger charge is 2.31. The summed E-state index contributed by atoms with van der Waals surface area (Å²) in [5, 5.41) is 28.7. The van der Waals surface area contributed by atoms with E-state index >= 15 is 0 Å². The fourth-order valence-electron chi connectivity index (χ4n) is 4.15. The van der Waals surface area contributed by atoms with Gasteiger partial charge < -0.3 is 19.9 Å². The summed E-state index contributed by atoms with van der Waals surface area (Å²) in [6.45, 7) is 2.49. The van der Waals surface area contributed by atoms with Crippen LogP contribution in [0.1, 0.15) is 66.3 Å². The van der Waals surface area contributed by atoms with Crippen molar-refractivity contribution in [2.24, 2.45) is 5.92 Å². The van der Waals surface area contributed by atoms with E-state index in [-0.39, 0.29) is 18.0 Å². The molecule has 0 spiro atoms. The molecule has 3 aromatic rings. The van der Waals surface area contributed by atoms with Crippen molar-refractivity contribution in [3.63, 3.8) is 0 Å². The van der Waals surface area contributed by atoms with Gasteiger partial charge in [0, 0.05) is 6.07 Å². The van der Waals surface area contributed by atoms with Crippen molar-refractivity contribution in [1.82, 2.24) is 20.0 Å². The molecular weight excluding hydrogens is 467 g/mol. The van der Waals surface area contributed by atoms with E-state index < -0.39 is 22.9 Å². The average molecular weight is 499 g/mol. The summed E-state index contributed by atoms with van der Waals surface area (Å²) in [5.41, 5.74) is 0.215. The zero-order valence-electron chi connectivity index (χ0n) is 20.2. The minimum absolute atomic E-state index is 0.125. The van der Waals surface area contributed by atoms with Crippen LogP contribution in [0.25, 0.3) is 0 Å². The van der Waals surface area contributed by atoms with E-state index in [0.29, 0.717) is 42.9 Å². The smallest absolute Gasteiger partial charge is 0.352 e. The van der Waals surface area contributed by atoms with E-state index in [1.165, 1.54) is 18.2 Å². The number of pyridine rings is 1. The van der Waals surface area contributed by atoms with Crippen LogP contribution in [0.5, 0.6) is 5.75 Å². The van der Waals surface area contributed by atoms with E-state index in [0.717, 1.165) is 31.4 Å². The molecule has 0 bridgehead atoms. The van der Waals surface area contributed by atoms with Crippen LogP contribution in [0, 0.1) is 11.7 Å². The number of nitrogens with one attached hydrogen (secondary N) is 1. The largest absolute Gasteiger partial charge is 0.490 e. The number of aryl methyl sites for hydroxylation is 2. The molecule has 2 heterocycles. The first kappa shape index (κ1) is 25.6. The molecule has 9 nitrogen and oxygen atoms in total. The van der Waals surface area contributed by atoms with Gasteiger partial charge in [-0.2, -0.15) is 0 Å². The van der Waals surface area contributed by atoms with Gasteiger partial charge in [-0.1, -0.05) is 18.2 Å². The fourth-order valence-corrected chi connectivity index (χ4v) is 4.15. The van der Waals surface area contributed by atoms with Crippen molar-refractivity contribution in [2.45, 2.75) is 64.0 Å². The lowest BCUT2D eigenvalue weighted by Gasteiger charge is -2.28. The summed E-state index contributed by atoms with van der Waals surface area (Å²) in [7, 11) is 0. The molecule has 1 saturated carbocycles. The van der Waals surface area contributed by atoms with Crippen molar-refractivity contribution in [3.05, 3.63) is 75.2 Å². The molecule has 2 aromatic heterocycles. The number of aromatic carboxylic acids is 1. The van der Waals surface area contributed by atoms with Crippen LogP contribution >= 0.6 is 0 Å². The molecule has 0 radical (unpaired) electrons. The Morgan fingerprint density at radius 3 is 2.75 bits per heavy atom. The van der Waals surface area contributed by atoms with Gasteiger partial charge in [-0.05, 0) is 80.2 Å². The van der Waals surface area contributed by atoms with Gasteiger partial charge in [0.25, 0.3) is 0 Å². The zero-order valence-corrected chi connectivity index (χ0v) is 20.2. The number of carbonyl (C=O) groups is 1. The zero-order chi connectivity index (χ0) is 25.7. The van der Waals surface area contributed by atoms with Crippen LogP contribution in [-0.2, 0) is 25.0 Å². The highest BCUT2D eigenvalue weighted by atomic mass is 19.1. The fraction of sp³-hybridized carbons (Fsp3) is 0.462. The summed E-state index contributed by atoms with van der Waals surface area (Å²) >= 11 is 0. The van der Waals surface area contributed by atoms with E-state index in [2.05, 4.69) is 15.3 Å². The van der Waals surface area contributed by atoms with E-state index in [9.17, 15) is 19.1 Å². The number of benzene rings is 1. The number of hydrogen-bond donors (Lipinski definition) is 3. The Bertz CT molecular complexity index is 1270. The first-order chi connectivity index (χ1) is 17.3. The van der Waals surface area contributed by atoms with Crippen LogP contribution in [-0.4, -0.2) is 42.8 Å². The number of aromatic nitrogens is 4. The summed E-state index contributed by atoms with van der Waals surface area (Å²) in [6, 6.07) is 7.36. The van der Waals surface area contributed by atoms with Crippen molar-refractivity contribution >= 4 is 5.97 Å². The molecule has 1 atom stereocenters. The summed E-state index contributed by atoms with van der Waals surface area (Å²) in [6.07, 6.45) is 6.92. The van der Waals surface area contributed by atoms with E-state index in [1.807, 2.05) is 6.92 Å². The number of rotatable bonds is 13. The van der Waals surface area contributed by atoms with Crippen LogP contribution in [0.15, 0.2) is 41.3 Å². The Morgan fingerprint density at radius 1 is 1.25 bits per heavy atom. The number of aromatic amines is 1. The van der Waals surface area contributed by atoms with Crippen molar-refractivity contribution in [2.75, 3.05) is 6.61 Å². The second-order valence-electron chi connectivity index (χ2n) is 9.45. The van der Waals surface area contributed by atoms with Crippen molar-refractivity contribution in [3.8, 4) is 5.75 Å². The normalized spacial score (nSPS) is 15.0.